The van der Waals surface area contributed by atoms with Gasteiger partial charge in [-0.2, -0.15) is 0 Å². The molecule has 92 valence electrons. The van der Waals surface area contributed by atoms with Crippen molar-refractivity contribution in [1.82, 2.24) is 4.90 Å². The number of β-amino-alcohol motifs (C(OH)–C–C–N with tert-alkyl or cyclic N) is 1. The second kappa shape index (κ2) is 5.05. The van der Waals surface area contributed by atoms with Crippen LogP contribution < -0.4 is 10.1 Å². The summed E-state index contributed by atoms with van der Waals surface area (Å²) in [7, 11) is 1.60. The van der Waals surface area contributed by atoms with Gasteiger partial charge in [0, 0.05) is 18.8 Å². The molecule has 5 heteroatoms. The fraction of sp³-hybridized carbons (Fsp3) is 0.417. The van der Waals surface area contributed by atoms with Crippen LogP contribution in [0.5, 0.6) is 5.75 Å². The highest BCUT2D eigenvalue weighted by molar-refractivity contribution is 5.89. The second-order valence-electron chi connectivity index (χ2n) is 4.05. The quantitative estimate of drug-likeness (QED) is 0.813. The molecule has 1 aliphatic rings. The maximum Gasteiger partial charge on any atom is 0.321 e. The lowest BCUT2D eigenvalue weighted by Gasteiger charge is -2.16. The number of nitrogens with zero attached hydrogens (tertiary/aromatic N) is 1. The number of benzene rings is 1. The van der Waals surface area contributed by atoms with Gasteiger partial charge in [0.15, 0.2) is 0 Å². The van der Waals surface area contributed by atoms with Gasteiger partial charge in [0.1, 0.15) is 5.75 Å². The van der Waals surface area contributed by atoms with Crippen molar-refractivity contribution in [1.29, 1.82) is 0 Å². The molecule has 1 heterocycles. The van der Waals surface area contributed by atoms with Crippen LogP contribution in [0.2, 0.25) is 0 Å². The summed E-state index contributed by atoms with van der Waals surface area (Å²) >= 11 is 0. The van der Waals surface area contributed by atoms with Crippen molar-refractivity contribution in [2.24, 2.45) is 0 Å². The van der Waals surface area contributed by atoms with Crippen molar-refractivity contribution in [3.05, 3.63) is 24.3 Å². The molecular weight excluding hydrogens is 220 g/mol. The highest BCUT2D eigenvalue weighted by Crippen LogP contribution is 2.16. The lowest BCUT2D eigenvalue weighted by Crippen LogP contribution is -2.33. The van der Waals surface area contributed by atoms with Crippen molar-refractivity contribution in [2.75, 3.05) is 25.5 Å². The molecule has 0 unspecified atom stereocenters. The second-order valence-corrected chi connectivity index (χ2v) is 4.05. The number of aliphatic hydroxyl groups is 1. The number of ether oxygens (including phenoxy) is 1. The molecule has 1 aromatic carbocycles. The van der Waals surface area contributed by atoms with E-state index in [2.05, 4.69) is 5.32 Å². The van der Waals surface area contributed by atoms with Gasteiger partial charge in [-0.05, 0) is 30.7 Å². The highest BCUT2D eigenvalue weighted by Gasteiger charge is 2.24. The first-order chi connectivity index (χ1) is 8.19. The zero-order chi connectivity index (χ0) is 12.3. The number of likely N-dealkylation sites (tertiary alicyclic amines) is 1. The van der Waals surface area contributed by atoms with Crippen molar-refractivity contribution in [3.8, 4) is 5.75 Å². The van der Waals surface area contributed by atoms with E-state index in [4.69, 9.17) is 4.74 Å². The van der Waals surface area contributed by atoms with Gasteiger partial charge in [-0.3, -0.25) is 0 Å². The minimum Gasteiger partial charge on any atom is -0.497 e. The maximum absolute atomic E-state index is 11.8. The lowest BCUT2D eigenvalue weighted by molar-refractivity contribution is 0.176. The van der Waals surface area contributed by atoms with Crippen LogP contribution in [-0.2, 0) is 0 Å². The Bertz CT molecular complexity index is 391. The summed E-state index contributed by atoms with van der Waals surface area (Å²) in [5.41, 5.74) is 0.720. The van der Waals surface area contributed by atoms with E-state index in [1.165, 1.54) is 0 Å². The molecular formula is C12H16N2O3. The third kappa shape index (κ3) is 2.88. The van der Waals surface area contributed by atoms with Gasteiger partial charge < -0.3 is 20.1 Å². The minimum absolute atomic E-state index is 0.174. The van der Waals surface area contributed by atoms with Crippen molar-refractivity contribution in [2.45, 2.75) is 12.5 Å². The molecule has 17 heavy (non-hydrogen) atoms. The van der Waals surface area contributed by atoms with Crippen LogP contribution in [0.1, 0.15) is 6.42 Å². The van der Waals surface area contributed by atoms with E-state index in [1.54, 1.807) is 36.3 Å². The fourth-order valence-electron chi connectivity index (χ4n) is 1.80. The Morgan fingerprint density at radius 1 is 1.47 bits per heavy atom. The number of nitrogens with one attached hydrogen (secondary N) is 1. The number of hydrogen-bond donors (Lipinski definition) is 2. The van der Waals surface area contributed by atoms with Crippen molar-refractivity contribution >= 4 is 11.7 Å². The molecule has 1 aliphatic heterocycles. The minimum atomic E-state index is -0.392. The van der Waals surface area contributed by atoms with Crippen LogP contribution in [0.4, 0.5) is 10.5 Å². The van der Waals surface area contributed by atoms with Crippen LogP contribution in [0.3, 0.4) is 0 Å². The average Bonchev–Trinajstić information content (AvgIpc) is 2.77. The Morgan fingerprint density at radius 3 is 2.71 bits per heavy atom. The number of urea groups is 1. The summed E-state index contributed by atoms with van der Waals surface area (Å²) in [5, 5.41) is 12.1. The molecule has 0 saturated carbocycles. The van der Waals surface area contributed by atoms with Gasteiger partial charge in [-0.25, -0.2) is 4.79 Å². The molecule has 2 amide bonds. The van der Waals surface area contributed by atoms with E-state index in [-0.39, 0.29) is 6.03 Å². The van der Waals surface area contributed by atoms with Crippen LogP contribution in [0.25, 0.3) is 0 Å². The standard InChI is InChI=1S/C12H16N2O3/c1-17-11-4-2-9(3-5-11)13-12(16)14-7-6-10(15)8-14/h2-5,10,15H,6-8H2,1H3,(H,13,16)/t10-/m1/s1. The number of rotatable bonds is 2. The molecule has 1 fully saturated rings. The Kier molecular flexibility index (Phi) is 3.49. The van der Waals surface area contributed by atoms with Gasteiger partial charge in [-0.1, -0.05) is 0 Å². The Balaban J connectivity index is 1.93. The molecule has 1 atom stereocenters. The van der Waals surface area contributed by atoms with E-state index in [0.29, 0.717) is 19.5 Å². The summed E-state index contributed by atoms with van der Waals surface area (Å²) < 4.78 is 5.03. The van der Waals surface area contributed by atoms with Crippen LogP contribution in [0.15, 0.2) is 24.3 Å². The molecule has 0 radical (unpaired) electrons. The van der Waals surface area contributed by atoms with E-state index < -0.39 is 6.10 Å². The highest BCUT2D eigenvalue weighted by atomic mass is 16.5. The third-order valence-corrected chi connectivity index (χ3v) is 2.79. The molecule has 2 rings (SSSR count). The normalized spacial score (nSPS) is 19.2. The molecule has 1 saturated heterocycles. The van der Waals surface area contributed by atoms with Crippen LogP contribution in [0, 0.1) is 0 Å². The predicted molar refractivity (Wildman–Crippen MR) is 64.2 cm³/mol. The van der Waals surface area contributed by atoms with Gasteiger partial charge in [0.2, 0.25) is 0 Å². The summed E-state index contributed by atoms with van der Waals surface area (Å²) in [5.74, 6) is 0.750. The first-order valence-corrected chi connectivity index (χ1v) is 5.57. The smallest absolute Gasteiger partial charge is 0.321 e. The molecule has 0 spiro atoms. The first kappa shape index (κ1) is 11.7. The molecule has 0 aliphatic carbocycles. The third-order valence-electron chi connectivity index (χ3n) is 2.79. The van der Waals surface area contributed by atoms with Crippen LogP contribution >= 0.6 is 0 Å². The Labute approximate surface area is 100.0 Å². The predicted octanol–water partition coefficient (Wildman–Crippen LogP) is 1.29. The first-order valence-electron chi connectivity index (χ1n) is 5.57. The van der Waals surface area contributed by atoms with Gasteiger partial charge >= 0.3 is 6.03 Å². The van der Waals surface area contributed by atoms with Gasteiger partial charge in [-0.15, -0.1) is 0 Å². The summed E-state index contributed by atoms with van der Waals surface area (Å²) in [6, 6.07) is 6.96. The molecule has 2 N–H and O–H groups in total. The number of anilines is 1. The molecule has 0 aromatic heterocycles. The van der Waals surface area contributed by atoms with Crippen molar-refractivity contribution in [3.63, 3.8) is 0 Å². The molecule has 5 nitrogen and oxygen atoms in total. The summed E-state index contributed by atoms with van der Waals surface area (Å²) in [4.78, 5) is 13.4. The number of aliphatic hydroxyl groups excluding tert-OH is 1. The zero-order valence-corrected chi connectivity index (χ0v) is 9.72. The van der Waals surface area contributed by atoms with Gasteiger partial charge in [0.25, 0.3) is 0 Å². The number of amides is 2. The monoisotopic (exact) mass is 236 g/mol. The number of hydrogen-bond acceptors (Lipinski definition) is 3. The van der Waals surface area contributed by atoms with E-state index in [0.717, 1.165) is 11.4 Å². The summed E-state index contributed by atoms with van der Waals surface area (Å²) in [6.45, 7) is 1.01. The topological polar surface area (TPSA) is 61.8 Å². The number of carbonyl (C=O) groups is 1. The molecule has 1 aromatic rings. The SMILES string of the molecule is COc1ccc(NC(=O)N2CC[C@@H](O)C2)cc1. The zero-order valence-electron chi connectivity index (χ0n) is 9.72. The fourth-order valence-corrected chi connectivity index (χ4v) is 1.80. The Morgan fingerprint density at radius 2 is 2.18 bits per heavy atom. The Hall–Kier alpha value is -1.75. The van der Waals surface area contributed by atoms with Crippen LogP contribution in [-0.4, -0.2) is 42.3 Å². The van der Waals surface area contributed by atoms with Gasteiger partial charge in [0.05, 0.1) is 13.2 Å². The van der Waals surface area contributed by atoms with Crippen molar-refractivity contribution < 1.29 is 14.6 Å². The number of methoxy groups -OCH3 is 1. The number of carbonyl (C=O) groups excluding carboxylic acids is 1. The average molecular weight is 236 g/mol. The molecule has 0 bridgehead atoms. The summed E-state index contributed by atoms with van der Waals surface area (Å²) in [6.07, 6.45) is 0.257. The lowest BCUT2D eigenvalue weighted by atomic mass is 10.3. The van der Waals surface area contributed by atoms with E-state index in [9.17, 15) is 9.90 Å². The van der Waals surface area contributed by atoms with E-state index in [1.807, 2.05) is 0 Å². The largest absolute Gasteiger partial charge is 0.497 e. The van der Waals surface area contributed by atoms with E-state index >= 15 is 0 Å². The maximum atomic E-state index is 11.8.